The maximum absolute atomic E-state index is 15.1. The number of ether oxygens (including phenoxy) is 1. The minimum Gasteiger partial charge on any atom is -0.496 e. The van der Waals surface area contributed by atoms with E-state index >= 15 is 4.39 Å². The van der Waals surface area contributed by atoms with Crippen LogP contribution < -0.4 is 15.8 Å². The maximum Gasteiger partial charge on any atom is 0.426 e. The quantitative estimate of drug-likeness (QED) is 0.386. The molecule has 3 unspecified atom stereocenters. The lowest BCUT2D eigenvalue weighted by Crippen LogP contribution is -2.56. The van der Waals surface area contributed by atoms with E-state index in [2.05, 4.69) is 15.4 Å². The fourth-order valence-corrected chi connectivity index (χ4v) is 4.31. The van der Waals surface area contributed by atoms with Crippen LogP contribution in [-0.2, 0) is 11.0 Å². The number of rotatable bonds is 5. The number of fused-ring (bicyclic) bond motifs is 1. The molecule has 4 N–H and O–H groups in total. The van der Waals surface area contributed by atoms with E-state index in [4.69, 9.17) is 10.5 Å². The highest BCUT2D eigenvalue weighted by Crippen LogP contribution is 2.40. The highest BCUT2D eigenvalue weighted by molar-refractivity contribution is 5.99. The number of amides is 2. The summed E-state index contributed by atoms with van der Waals surface area (Å²) in [5, 5.41) is 15.5. The van der Waals surface area contributed by atoms with E-state index < -0.39 is 100 Å². The number of likely N-dealkylation sites (tertiary alicyclic amines) is 1. The van der Waals surface area contributed by atoms with Crippen LogP contribution >= 0.6 is 0 Å². The summed E-state index contributed by atoms with van der Waals surface area (Å²) in [7, 11) is 1.04. The van der Waals surface area contributed by atoms with Crippen LogP contribution in [0.5, 0.6) is 5.75 Å². The Bertz CT molecular complexity index is 1520. The largest absolute Gasteiger partial charge is 0.496 e. The van der Waals surface area contributed by atoms with Crippen molar-refractivity contribution in [1.82, 2.24) is 24.8 Å². The first-order valence-corrected chi connectivity index (χ1v) is 11.5. The third-order valence-corrected chi connectivity index (χ3v) is 6.52. The summed E-state index contributed by atoms with van der Waals surface area (Å²) >= 11 is 0. The predicted molar refractivity (Wildman–Crippen MR) is 124 cm³/mol. The molecule has 10 nitrogen and oxygen atoms in total. The number of anilines is 1. The summed E-state index contributed by atoms with van der Waals surface area (Å²) in [5.74, 6) is -5.12. The van der Waals surface area contributed by atoms with E-state index in [1.54, 1.807) is 0 Å². The molecule has 0 bridgehead atoms. The van der Waals surface area contributed by atoms with Crippen LogP contribution in [0.3, 0.4) is 0 Å². The molecule has 4 rings (SSSR count). The average molecular weight is 596 g/mol. The molecule has 1 fully saturated rings. The van der Waals surface area contributed by atoms with E-state index in [-0.39, 0.29) is 6.92 Å². The normalized spacial score (nSPS) is 19.3. The summed E-state index contributed by atoms with van der Waals surface area (Å²) in [6, 6.07) is 0.465. The number of nitrogens with one attached hydrogen (secondary N) is 1. The number of nitrogen functional groups attached to an aromatic ring is 1. The first-order chi connectivity index (χ1) is 18.9. The zero-order valence-electron chi connectivity index (χ0n) is 20.9. The molecular formula is C23H20F8N6O4. The van der Waals surface area contributed by atoms with Gasteiger partial charge in [0.25, 0.3) is 11.8 Å². The number of hydrogen-bond donors (Lipinski definition) is 3. The standard InChI is InChI=1S/C23H20F8N6O4/c1-21(40,23(29,30)31)20(39)36-6-13(25)14(7-36)35-19(38)10-3-9(12(24)5-16(10)41-2)15-4-11(22(26,27)28)17-18(32)33-8-34-37(15)17/h3-5,8,13-14,40H,6-7H2,1-2H3,(H,35,38)(H2,32,33,34). The van der Waals surface area contributed by atoms with Crippen LogP contribution in [-0.4, -0.2) is 80.6 Å². The van der Waals surface area contributed by atoms with Crippen molar-refractivity contribution in [3.05, 3.63) is 41.5 Å². The lowest BCUT2D eigenvalue weighted by Gasteiger charge is -2.29. The van der Waals surface area contributed by atoms with Gasteiger partial charge in [0.15, 0.2) is 5.82 Å². The van der Waals surface area contributed by atoms with Crippen molar-refractivity contribution in [2.45, 2.75) is 37.1 Å². The van der Waals surface area contributed by atoms with Gasteiger partial charge in [-0.1, -0.05) is 0 Å². The lowest BCUT2D eigenvalue weighted by atomic mass is 10.0. The summed E-state index contributed by atoms with van der Waals surface area (Å²) in [4.78, 5) is 29.2. The Balaban J connectivity index is 1.69. The Morgan fingerprint density at radius 1 is 1.15 bits per heavy atom. The van der Waals surface area contributed by atoms with Gasteiger partial charge in [-0.05, 0) is 19.1 Å². The molecule has 1 saturated heterocycles. The van der Waals surface area contributed by atoms with Crippen LogP contribution in [0.2, 0.25) is 0 Å². The molecule has 1 aliphatic rings. The molecule has 222 valence electrons. The molecule has 2 amide bonds. The Hall–Kier alpha value is -4.22. The Labute approximate surface area is 224 Å². The molecule has 3 atom stereocenters. The highest BCUT2D eigenvalue weighted by Gasteiger charge is 2.58. The predicted octanol–water partition coefficient (Wildman–Crippen LogP) is 2.74. The SMILES string of the molecule is COc1cc(F)c(-c2cc(C(F)(F)F)c3c(N)ncnn23)cc1C(=O)NC1CN(C(=O)C(C)(O)C(F)(F)F)CC1F. The molecule has 2 aromatic heterocycles. The number of hydrogen-bond acceptors (Lipinski definition) is 7. The van der Waals surface area contributed by atoms with Gasteiger partial charge >= 0.3 is 12.4 Å². The molecule has 0 aliphatic carbocycles. The third-order valence-electron chi connectivity index (χ3n) is 6.52. The third kappa shape index (κ3) is 5.18. The summed E-state index contributed by atoms with van der Waals surface area (Å²) in [6.45, 7) is -1.45. The number of aliphatic hydroxyl groups is 1. The van der Waals surface area contributed by atoms with E-state index in [1.165, 1.54) is 0 Å². The second kappa shape index (κ2) is 10.0. The van der Waals surface area contributed by atoms with Crippen molar-refractivity contribution >= 4 is 23.1 Å². The number of halogens is 8. The first-order valence-electron chi connectivity index (χ1n) is 11.5. The van der Waals surface area contributed by atoms with Crippen LogP contribution in [0.1, 0.15) is 22.8 Å². The second-order valence-electron chi connectivity index (χ2n) is 9.26. The molecule has 41 heavy (non-hydrogen) atoms. The van der Waals surface area contributed by atoms with E-state index in [0.29, 0.717) is 21.5 Å². The summed E-state index contributed by atoms with van der Waals surface area (Å²) in [5.41, 5.74) is -1.73. The minimum atomic E-state index is -5.36. The molecule has 3 aromatic rings. The lowest BCUT2D eigenvalue weighted by molar-refractivity contribution is -0.249. The molecule has 3 heterocycles. The molecule has 0 spiro atoms. The maximum atomic E-state index is 15.1. The van der Waals surface area contributed by atoms with Gasteiger partial charge in [0.2, 0.25) is 5.60 Å². The molecule has 1 aromatic carbocycles. The van der Waals surface area contributed by atoms with Crippen LogP contribution in [0.4, 0.5) is 40.9 Å². The number of methoxy groups -OCH3 is 1. The number of nitrogens with two attached hydrogens (primary N) is 1. The Kier molecular flexibility index (Phi) is 7.26. The van der Waals surface area contributed by atoms with Crippen LogP contribution in [0.25, 0.3) is 16.8 Å². The Morgan fingerprint density at radius 3 is 2.39 bits per heavy atom. The number of benzene rings is 1. The van der Waals surface area contributed by atoms with Gasteiger partial charge in [-0.2, -0.15) is 31.4 Å². The monoisotopic (exact) mass is 596 g/mol. The van der Waals surface area contributed by atoms with Crippen LogP contribution in [0, 0.1) is 5.82 Å². The van der Waals surface area contributed by atoms with Gasteiger partial charge in [0.1, 0.15) is 29.6 Å². The molecular weight excluding hydrogens is 576 g/mol. The summed E-state index contributed by atoms with van der Waals surface area (Å²) < 4.78 is 116. The van der Waals surface area contributed by atoms with Crippen molar-refractivity contribution in [2.75, 3.05) is 25.9 Å². The summed E-state index contributed by atoms with van der Waals surface area (Å²) in [6.07, 6.45) is -11.6. The highest BCUT2D eigenvalue weighted by atomic mass is 19.4. The van der Waals surface area contributed by atoms with Crippen molar-refractivity contribution in [2.24, 2.45) is 0 Å². The number of alkyl halides is 7. The van der Waals surface area contributed by atoms with Gasteiger partial charge < -0.3 is 25.8 Å². The van der Waals surface area contributed by atoms with Crippen molar-refractivity contribution in [3.63, 3.8) is 0 Å². The number of carbonyl (C=O) groups excluding carboxylic acids is 2. The van der Waals surface area contributed by atoms with E-state index in [9.17, 15) is 45.4 Å². The van der Waals surface area contributed by atoms with E-state index in [1.807, 2.05) is 0 Å². The van der Waals surface area contributed by atoms with Crippen molar-refractivity contribution in [1.29, 1.82) is 0 Å². The van der Waals surface area contributed by atoms with Gasteiger partial charge in [-0.25, -0.2) is 18.3 Å². The fraction of sp³-hybridized carbons (Fsp3) is 0.391. The number of nitrogens with zero attached hydrogens (tertiary/aromatic N) is 4. The van der Waals surface area contributed by atoms with Gasteiger partial charge in [-0.15, -0.1) is 0 Å². The van der Waals surface area contributed by atoms with Gasteiger partial charge in [-0.3, -0.25) is 9.59 Å². The molecule has 1 aliphatic heterocycles. The van der Waals surface area contributed by atoms with Crippen molar-refractivity contribution < 1.29 is 54.6 Å². The van der Waals surface area contributed by atoms with Crippen LogP contribution in [0.15, 0.2) is 24.5 Å². The first kappa shape index (κ1) is 29.8. The number of carbonyl (C=O) groups is 2. The van der Waals surface area contributed by atoms with Crippen molar-refractivity contribution in [3.8, 4) is 17.0 Å². The topological polar surface area (TPSA) is 135 Å². The smallest absolute Gasteiger partial charge is 0.426 e. The Morgan fingerprint density at radius 2 is 1.80 bits per heavy atom. The zero-order chi connectivity index (χ0) is 30.7. The van der Waals surface area contributed by atoms with Gasteiger partial charge in [0.05, 0.1) is 36.5 Å². The number of aromatic nitrogens is 3. The molecule has 0 radical (unpaired) electrons. The fourth-order valence-electron chi connectivity index (χ4n) is 4.31. The molecule has 18 heteroatoms. The zero-order valence-corrected chi connectivity index (χ0v) is 20.9. The molecule has 0 saturated carbocycles. The minimum absolute atomic E-state index is 0.202. The average Bonchev–Trinajstić information content (AvgIpc) is 3.44. The van der Waals surface area contributed by atoms with Gasteiger partial charge in [0, 0.05) is 18.2 Å². The van der Waals surface area contributed by atoms with E-state index in [0.717, 1.165) is 19.5 Å². The second-order valence-corrected chi connectivity index (χ2v) is 9.26.